The van der Waals surface area contributed by atoms with Crippen molar-refractivity contribution in [1.82, 2.24) is 4.98 Å². The fraction of sp³-hybridized carbons (Fsp3) is 0.100. The van der Waals surface area contributed by atoms with Gasteiger partial charge in [-0.15, -0.1) is 0 Å². The van der Waals surface area contributed by atoms with E-state index in [1.54, 1.807) is 12.3 Å². The van der Waals surface area contributed by atoms with Crippen LogP contribution in [0.4, 0.5) is 22.7 Å². The molecule has 0 atom stereocenters. The molecule has 0 aliphatic carbocycles. The molecule has 0 aliphatic rings. The molecule has 3 aromatic rings. The van der Waals surface area contributed by atoms with Crippen LogP contribution in [0.5, 0.6) is 0 Å². The van der Waals surface area contributed by atoms with Crippen molar-refractivity contribution in [2.45, 2.75) is 0 Å². The highest BCUT2D eigenvalue weighted by Crippen LogP contribution is 2.18. The van der Waals surface area contributed by atoms with E-state index in [1.165, 1.54) is 0 Å². The van der Waals surface area contributed by atoms with Gasteiger partial charge in [0.25, 0.3) is 5.91 Å². The lowest BCUT2D eigenvalue weighted by Gasteiger charge is -2.13. The Balaban J connectivity index is 1.64. The van der Waals surface area contributed by atoms with Crippen LogP contribution in [-0.2, 0) is 0 Å². The molecular weight excluding hydrogens is 312 g/mol. The largest absolute Gasteiger partial charge is 0.378 e. The normalized spacial score (nSPS) is 10.2. The summed E-state index contributed by atoms with van der Waals surface area (Å²) in [6, 6.07) is 21.0. The second-order valence-corrected chi connectivity index (χ2v) is 5.82. The van der Waals surface area contributed by atoms with Crippen LogP contribution in [0.15, 0.2) is 72.9 Å². The number of nitrogens with zero attached hydrogens (tertiary/aromatic N) is 2. The summed E-state index contributed by atoms with van der Waals surface area (Å²) in [4.78, 5) is 18.5. The molecule has 0 spiro atoms. The number of hydrogen-bond acceptors (Lipinski definition) is 4. The van der Waals surface area contributed by atoms with Gasteiger partial charge in [0.05, 0.1) is 11.9 Å². The summed E-state index contributed by atoms with van der Waals surface area (Å²) >= 11 is 0. The Bertz CT molecular complexity index is 828. The Morgan fingerprint density at radius 3 is 2.12 bits per heavy atom. The third-order valence-electron chi connectivity index (χ3n) is 3.70. The summed E-state index contributed by atoms with van der Waals surface area (Å²) in [5.74, 6) is -0.233. The van der Waals surface area contributed by atoms with E-state index in [-0.39, 0.29) is 5.91 Å². The maximum absolute atomic E-state index is 12.3. The molecule has 126 valence electrons. The highest BCUT2D eigenvalue weighted by atomic mass is 16.1. The third-order valence-corrected chi connectivity index (χ3v) is 3.70. The van der Waals surface area contributed by atoms with Crippen LogP contribution >= 0.6 is 0 Å². The van der Waals surface area contributed by atoms with Crippen LogP contribution in [-0.4, -0.2) is 25.0 Å². The summed E-state index contributed by atoms with van der Waals surface area (Å²) < 4.78 is 0. The first-order valence-corrected chi connectivity index (χ1v) is 7.99. The zero-order valence-corrected chi connectivity index (χ0v) is 14.2. The molecule has 2 aromatic carbocycles. The van der Waals surface area contributed by atoms with Crippen molar-refractivity contribution in [3.8, 4) is 0 Å². The number of benzene rings is 2. The molecule has 0 unspecified atom stereocenters. The molecule has 2 N–H and O–H groups in total. The molecule has 1 amide bonds. The van der Waals surface area contributed by atoms with E-state index in [0.717, 1.165) is 22.7 Å². The van der Waals surface area contributed by atoms with Crippen LogP contribution in [0.25, 0.3) is 0 Å². The number of pyridine rings is 1. The van der Waals surface area contributed by atoms with Crippen molar-refractivity contribution in [3.05, 3.63) is 78.6 Å². The van der Waals surface area contributed by atoms with Crippen LogP contribution in [0.1, 0.15) is 10.5 Å². The second kappa shape index (κ2) is 7.49. The summed E-state index contributed by atoms with van der Waals surface area (Å²) in [5.41, 5.74) is 3.99. The van der Waals surface area contributed by atoms with Gasteiger partial charge >= 0.3 is 0 Å². The second-order valence-electron chi connectivity index (χ2n) is 5.82. The molecule has 1 aromatic heterocycles. The minimum atomic E-state index is -0.233. The first kappa shape index (κ1) is 16.5. The monoisotopic (exact) mass is 332 g/mol. The number of anilines is 4. The average molecular weight is 332 g/mol. The molecule has 3 rings (SSSR count). The predicted molar refractivity (Wildman–Crippen MR) is 103 cm³/mol. The van der Waals surface area contributed by atoms with Crippen molar-refractivity contribution < 1.29 is 4.79 Å². The third kappa shape index (κ3) is 4.35. The van der Waals surface area contributed by atoms with E-state index >= 15 is 0 Å². The topological polar surface area (TPSA) is 57.3 Å². The first-order chi connectivity index (χ1) is 12.1. The van der Waals surface area contributed by atoms with Crippen molar-refractivity contribution in [2.24, 2.45) is 0 Å². The van der Waals surface area contributed by atoms with Gasteiger partial charge in [0, 0.05) is 31.2 Å². The zero-order chi connectivity index (χ0) is 17.6. The maximum atomic E-state index is 12.3. The molecule has 1 heterocycles. The van der Waals surface area contributed by atoms with E-state index < -0.39 is 0 Å². The molecule has 5 heteroatoms. The first-order valence-electron chi connectivity index (χ1n) is 7.99. The number of rotatable bonds is 5. The van der Waals surface area contributed by atoms with Crippen LogP contribution in [0.2, 0.25) is 0 Å². The van der Waals surface area contributed by atoms with Gasteiger partial charge in [0.15, 0.2) is 0 Å². The Kier molecular flexibility index (Phi) is 4.95. The van der Waals surface area contributed by atoms with Gasteiger partial charge in [0.2, 0.25) is 0 Å². The summed E-state index contributed by atoms with van der Waals surface area (Å²) in [6.45, 7) is 0. The van der Waals surface area contributed by atoms with Crippen molar-refractivity contribution in [2.75, 3.05) is 29.6 Å². The number of nitrogens with one attached hydrogen (secondary N) is 2. The van der Waals surface area contributed by atoms with Gasteiger partial charge < -0.3 is 15.5 Å². The number of para-hydroxylation sites is 1. The summed E-state index contributed by atoms with van der Waals surface area (Å²) in [5, 5.41) is 6.09. The lowest BCUT2D eigenvalue weighted by atomic mass is 10.2. The lowest BCUT2D eigenvalue weighted by molar-refractivity contribution is 0.102. The number of carbonyl (C=O) groups excluding carboxylic acids is 1. The van der Waals surface area contributed by atoms with Gasteiger partial charge in [-0.2, -0.15) is 0 Å². The van der Waals surface area contributed by atoms with Crippen LogP contribution < -0.4 is 15.5 Å². The van der Waals surface area contributed by atoms with Crippen LogP contribution in [0, 0.1) is 0 Å². The molecule has 0 fully saturated rings. The molecule has 0 radical (unpaired) electrons. The minimum Gasteiger partial charge on any atom is -0.378 e. The van der Waals surface area contributed by atoms with E-state index in [2.05, 4.69) is 15.6 Å². The van der Waals surface area contributed by atoms with E-state index in [4.69, 9.17) is 0 Å². The van der Waals surface area contributed by atoms with E-state index in [9.17, 15) is 4.79 Å². The van der Waals surface area contributed by atoms with Gasteiger partial charge in [0.1, 0.15) is 5.69 Å². The van der Waals surface area contributed by atoms with Crippen molar-refractivity contribution >= 4 is 28.7 Å². The maximum Gasteiger partial charge on any atom is 0.274 e. The predicted octanol–water partition coefficient (Wildman–Crippen LogP) is 4.14. The van der Waals surface area contributed by atoms with Gasteiger partial charge in [-0.05, 0) is 48.5 Å². The minimum absolute atomic E-state index is 0.233. The lowest BCUT2D eigenvalue weighted by Crippen LogP contribution is -2.14. The van der Waals surface area contributed by atoms with Gasteiger partial charge in [-0.25, -0.2) is 4.98 Å². The average Bonchev–Trinajstić information content (AvgIpc) is 2.63. The number of aromatic nitrogens is 1. The highest BCUT2D eigenvalue weighted by Gasteiger charge is 2.08. The summed E-state index contributed by atoms with van der Waals surface area (Å²) in [7, 11) is 3.95. The Morgan fingerprint density at radius 2 is 1.52 bits per heavy atom. The number of carbonyl (C=O) groups is 1. The zero-order valence-electron chi connectivity index (χ0n) is 14.2. The molecule has 0 saturated carbocycles. The Hall–Kier alpha value is -3.34. The van der Waals surface area contributed by atoms with Crippen molar-refractivity contribution in [3.63, 3.8) is 0 Å². The van der Waals surface area contributed by atoms with Crippen molar-refractivity contribution in [1.29, 1.82) is 0 Å². The molecule has 0 bridgehead atoms. The number of hydrogen-bond donors (Lipinski definition) is 2. The highest BCUT2D eigenvalue weighted by molar-refractivity contribution is 6.03. The molecule has 25 heavy (non-hydrogen) atoms. The Labute approximate surface area is 147 Å². The fourth-order valence-electron chi connectivity index (χ4n) is 2.33. The molecule has 5 nitrogen and oxygen atoms in total. The smallest absolute Gasteiger partial charge is 0.274 e. The van der Waals surface area contributed by atoms with Gasteiger partial charge in [-0.3, -0.25) is 4.79 Å². The van der Waals surface area contributed by atoms with E-state index in [1.807, 2.05) is 79.7 Å². The van der Waals surface area contributed by atoms with Crippen LogP contribution in [0.3, 0.4) is 0 Å². The molecule has 0 saturated heterocycles. The van der Waals surface area contributed by atoms with E-state index in [0.29, 0.717) is 5.69 Å². The Morgan fingerprint density at radius 1 is 0.840 bits per heavy atom. The molecule has 0 aliphatic heterocycles. The number of amides is 1. The fourth-order valence-corrected chi connectivity index (χ4v) is 2.33. The summed E-state index contributed by atoms with van der Waals surface area (Å²) in [6.07, 6.45) is 1.65. The standard InChI is InChI=1S/C20H20N4O/c1-24(2)18-11-8-16(9-12-18)23-20(25)19-13-10-17(14-21-19)22-15-6-4-3-5-7-15/h3-14,22H,1-2H3,(H,23,25). The SMILES string of the molecule is CN(C)c1ccc(NC(=O)c2ccc(Nc3ccccc3)cn2)cc1. The molecular formula is C20H20N4O. The quantitative estimate of drug-likeness (QED) is 0.737. The van der Waals surface area contributed by atoms with Gasteiger partial charge in [-0.1, -0.05) is 18.2 Å².